The van der Waals surface area contributed by atoms with Gasteiger partial charge in [0.2, 0.25) is 5.91 Å². The van der Waals surface area contributed by atoms with E-state index in [-0.39, 0.29) is 17.9 Å². The van der Waals surface area contributed by atoms with E-state index >= 15 is 0 Å². The van der Waals surface area contributed by atoms with Gasteiger partial charge in [-0.15, -0.1) is 0 Å². The first-order valence-electron chi connectivity index (χ1n) is 7.15. The van der Waals surface area contributed by atoms with Crippen molar-refractivity contribution in [2.45, 2.75) is 57.5 Å². The number of carbonyl (C=O) groups is 2. The van der Waals surface area contributed by atoms with Crippen LogP contribution in [0.5, 0.6) is 0 Å². The van der Waals surface area contributed by atoms with E-state index in [1.54, 1.807) is 7.05 Å². The van der Waals surface area contributed by atoms with E-state index in [1.165, 1.54) is 0 Å². The first kappa shape index (κ1) is 13.5. The van der Waals surface area contributed by atoms with Crippen molar-refractivity contribution in [1.29, 1.82) is 0 Å². The molecule has 2 aliphatic rings. The normalized spacial score (nSPS) is 31.3. The van der Waals surface area contributed by atoms with Gasteiger partial charge in [0.05, 0.1) is 6.04 Å². The zero-order chi connectivity index (χ0) is 13.1. The van der Waals surface area contributed by atoms with Crippen molar-refractivity contribution in [2.75, 3.05) is 13.6 Å². The van der Waals surface area contributed by atoms with Crippen LogP contribution in [-0.2, 0) is 9.59 Å². The summed E-state index contributed by atoms with van der Waals surface area (Å²) in [6.45, 7) is 2.90. The van der Waals surface area contributed by atoms with Crippen LogP contribution >= 0.6 is 0 Å². The predicted octanol–water partition coefficient (Wildman–Crippen LogP) is 1.34. The van der Waals surface area contributed by atoms with Crippen molar-refractivity contribution >= 4 is 11.7 Å². The summed E-state index contributed by atoms with van der Waals surface area (Å²) in [5.41, 5.74) is 0. The molecule has 2 fully saturated rings. The fourth-order valence-electron chi connectivity index (χ4n) is 3.50. The van der Waals surface area contributed by atoms with E-state index in [0.29, 0.717) is 11.8 Å². The van der Waals surface area contributed by atoms with Crippen LogP contribution in [0.2, 0.25) is 0 Å². The lowest BCUT2D eigenvalue weighted by atomic mass is 9.81. The second-order valence-corrected chi connectivity index (χ2v) is 5.56. The molecule has 1 heterocycles. The summed E-state index contributed by atoms with van der Waals surface area (Å²) in [5.74, 6) is 0.653. The summed E-state index contributed by atoms with van der Waals surface area (Å²) >= 11 is 0. The molecule has 0 aromatic carbocycles. The van der Waals surface area contributed by atoms with Crippen molar-refractivity contribution in [3.8, 4) is 0 Å². The Morgan fingerprint density at radius 2 is 2.11 bits per heavy atom. The molecule has 0 radical (unpaired) electrons. The summed E-state index contributed by atoms with van der Waals surface area (Å²) in [4.78, 5) is 26.1. The third-order valence-electron chi connectivity index (χ3n) is 4.53. The van der Waals surface area contributed by atoms with Crippen molar-refractivity contribution in [3.63, 3.8) is 0 Å². The van der Waals surface area contributed by atoms with Gasteiger partial charge in [0.15, 0.2) is 0 Å². The Bertz CT molecular complexity index is 330. The topological polar surface area (TPSA) is 49.4 Å². The molecule has 1 saturated carbocycles. The lowest BCUT2D eigenvalue weighted by Gasteiger charge is -2.35. The molecule has 2 rings (SSSR count). The highest BCUT2D eigenvalue weighted by molar-refractivity contribution is 5.83. The van der Waals surface area contributed by atoms with Crippen molar-refractivity contribution in [3.05, 3.63) is 0 Å². The molecule has 0 aromatic heterocycles. The molecule has 0 aromatic rings. The second kappa shape index (κ2) is 5.83. The number of likely N-dealkylation sites (N-methyl/N-ethyl adjacent to an activating group) is 1. The molecule has 0 bridgehead atoms. The number of nitrogens with one attached hydrogen (secondary N) is 1. The predicted molar refractivity (Wildman–Crippen MR) is 70.2 cm³/mol. The number of amides is 1. The van der Waals surface area contributed by atoms with Gasteiger partial charge in [-0.2, -0.15) is 0 Å². The van der Waals surface area contributed by atoms with Crippen LogP contribution in [0.4, 0.5) is 0 Å². The minimum absolute atomic E-state index is 0.0603. The zero-order valence-electron chi connectivity index (χ0n) is 11.4. The molecule has 1 saturated heterocycles. The molecule has 1 N–H and O–H groups in total. The van der Waals surface area contributed by atoms with Crippen LogP contribution < -0.4 is 5.32 Å². The minimum Gasteiger partial charge on any atom is -0.358 e. The molecular weight excluding hydrogens is 228 g/mol. The molecular formula is C14H24N2O2. The van der Waals surface area contributed by atoms with Gasteiger partial charge in [0, 0.05) is 25.4 Å². The lowest BCUT2D eigenvalue weighted by molar-refractivity contribution is -0.131. The van der Waals surface area contributed by atoms with Crippen LogP contribution in [0.3, 0.4) is 0 Å². The smallest absolute Gasteiger partial charge is 0.236 e. The third-order valence-corrected chi connectivity index (χ3v) is 4.53. The summed E-state index contributed by atoms with van der Waals surface area (Å²) in [5, 5.41) is 2.71. The molecule has 3 atom stereocenters. The van der Waals surface area contributed by atoms with Crippen LogP contribution in [0.25, 0.3) is 0 Å². The summed E-state index contributed by atoms with van der Waals surface area (Å²) in [6, 6.07) is 0.183. The molecule has 4 nitrogen and oxygen atoms in total. The van der Waals surface area contributed by atoms with Gasteiger partial charge >= 0.3 is 0 Å². The van der Waals surface area contributed by atoms with E-state index in [0.717, 1.165) is 45.1 Å². The number of hydrogen-bond acceptors (Lipinski definition) is 3. The molecule has 1 aliphatic carbocycles. The number of likely N-dealkylation sites (tertiary alicyclic amines) is 1. The maximum absolute atomic E-state index is 12.1. The Hall–Kier alpha value is -0.900. The van der Waals surface area contributed by atoms with E-state index in [1.807, 2.05) is 6.92 Å². The van der Waals surface area contributed by atoms with Gasteiger partial charge < -0.3 is 5.32 Å². The number of ketones is 1. The van der Waals surface area contributed by atoms with Crippen molar-refractivity contribution in [2.24, 2.45) is 5.92 Å². The van der Waals surface area contributed by atoms with Crippen molar-refractivity contribution < 1.29 is 9.59 Å². The van der Waals surface area contributed by atoms with Crippen LogP contribution in [0, 0.1) is 5.92 Å². The van der Waals surface area contributed by atoms with Gasteiger partial charge in [0.1, 0.15) is 5.78 Å². The highest BCUT2D eigenvalue weighted by atomic mass is 16.2. The molecule has 18 heavy (non-hydrogen) atoms. The van der Waals surface area contributed by atoms with Crippen LogP contribution in [0.15, 0.2) is 0 Å². The first-order chi connectivity index (χ1) is 8.65. The Balaban J connectivity index is 2.06. The maximum atomic E-state index is 12.1. The van der Waals surface area contributed by atoms with Crippen LogP contribution in [0.1, 0.15) is 45.4 Å². The standard InChI is InChI=1S/C14H24N2O2/c1-10(14(18)15-2)16-9-5-7-12(16)11-6-3-4-8-13(11)17/h10-12H,3-9H2,1-2H3,(H,15,18). The summed E-state index contributed by atoms with van der Waals surface area (Å²) in [7, 11) is 1.68. The van der Waals surface area contributed by atoms with E-state index < -0.39 is 0 Å². The maximum Gasteiger partial charge on any atom is 0.236 e. The summed E-state index contributed by atoms with van der Waals surface area (Å²) in [6.07, 6.45) is 6.14. The minimum atomic E-state index is -0.114. The Kier molecular flexibility index (Phi) is 4.38. The average molecular weight is 252 g/mol. The van der Waals surface area contributed by atoms with Gasteiger partial charge in [-0.25, -0.2) is 0 Å². The van der Waals surface area contributed by atoms with Gasteiger partial charge in [-0.05, 0) is 39.2 Å². The average Bonchev–Trinajstić information content (AvgIpc) is 2.86. The van der Waals surface area contributed by atoms with Crippen LogP contribution in [-0.4, -0.2) is 42.3 Å². The van der Waals surface area contributed by atoms with E-state index in [2.05, 4.69) is 10.2 Å². The summed E-state index contributed by atoms with van der Waals surface area (Å²) < 4.78 is 0. The Labute approximate surface area is 109 Å². The zero-order valence-corrected chi connectivity index (χ0v) is 11.4. The number of carbonyl (C=O) groups excluding carboxylic acids is 2. The van der Waals surface area contributed by atoms with Gasteiger partial charge in [-0.1, -0.05) is 6.42 Å². The SMILES string of the molecule is CNC(=O)C(C)N1CCCC1C1CCCCC1=O. The number of hydrogen-bond donors (Lipinski definition) is 1. The lowest BCUT2D eigenvalue weighted by Crippen LogP contribution is -2.50. The fraction of sp³-hybridized carbons (Fsp3) is 0.857. The Morgan fingerprint density at radius 1 is 1.33 bits per heavy atom. The fourth-order valence-corrected chi connectivity index (χ4v) is 3.50. The largest absolute Gasteiger partial charge is 0.358 e. The molecule has 1 aliphatic heterocycles. The third kappa shape index (κ3) is 2.58. The first-order valence-corrected chi connectivity index (χ1v) is 7.15. The van der Waals surface area contributed by atoms with Crippen molar-refractivity contribution in [1.82, 2.24) is 10.2 Å². The molecule has 102 valence electrons. The van der Waals surface area contributed by atoms with Gasteiger partial charge in [-0.3, -0.25) is 14.5 Å². The monoisotopic (exact) mass is 252 g/mol. The molecule has 3 unspecified atom stereocenters. The second-order valence-electron chi connectivity index (χ2n) is 5.56. The highest BCUT2D eigenvalue weighted by Crippen LogP contribution is 2.33. The number of Topliss-reactive ketones (excluding diaryl/α,β-unsaturated/α-hetero) is 1. The van der Waals surface area contributed by atoms with E-state index in [9.17, 15) is 9.59 Å². The number of rotatable bonds is 3. The van der Waals surface area contributed by atoms with Gasteiger partial charge in [0.25, 0.3) is 0 Å². The van der Waals surface area contributed by atoms with E-state index in [4.69, 9.17) is 0 Å². The highest BCUT2D eigenvalue weighted by Gasteiger charge is 2.39. The Morgan fingerprint density at radius 3 is 2.78 bits per heavy atom. The molecule has 4 heteroatoms. The quantitative estimate of drug-likeness (QED) is 0.824. The molecule has 0 spiro atoms. The number of nitrogens with zero attached hydrogens (tertiary/aromatic N) is 1. The molecule has 1 amide bonds.